The standard InChI is InChI=1S/C5H10N2O2S/c1-10-3-4-2-7(6)5(8)9-4/h4H,2-3,6H2,1H3/t4-/m1/s1. The van der Waals surface area contributed by atoms with Gasteiger partial charge in [0.1, 0.15) is 6.10 Å². The van der Waals surface area contributed by atoms with Crippen LogP contribution >= 0.6 is 11.8 Å². The molecule has 0 aromatic carbocycles. The highest BCUT2D eigenvalue weighted by Gasteiger charge is 2.28. The summed E-state index contributed by atoms with van der Waals surface area (Å²) in [5.74, 6) is 6.07. The molecule has 1 atom stereocenters. The summed E-state index contributed by atoms with van der Waals surface area (Å²) in [5.41, 5.74) is 0. The molecule has 0 bridgehead atoms. The predicted molar refractivity (Wildman–Crippen MR) is 39.5 cm³/mol. The van der Waals surface area contributed by atoms with Crippen LogP contribution in [0.5, 0.6) is 0 Å². The molecular weight excluding hydrogens is 152 g/mol. The maximum absolute atomic E-state index is 10.6. The quantitative estimate of drug-likeness (QED) is 0.460. The van der Waals surface area contributed by atoms with E-state index in [1.165, 1.54) is 0 Å². The number of carbonyl (C=O) groups is 1. The maximum atomic E-state index is 10.6. The zero-order chi connectivity index (χ0) is 7.56. The number of amides is 1. The number of nitrogens with zero attached hydrogens (tertiary/aromatic N) is 1. The van der Waals surface area contributed by atoms with Crippen LogP contribution in [-0.2, 0) is 4.74 Å². The first-order chi connectivity index (χ1) is 4.74. The Kier molecular flexibility index (Phi) is 2.39. The maximum Gasteiger partial charge on any atom is 0.424 e. The largest absolute Gasteiger partial charge is 0.442 e. The lowest BCUT2D eigenvalue weighted by atomic mass is 10.4. The minimum Gasteiger partial charge on any atom is -0.442 e. The van der Waals surface area contributed by atoms with Crippen molar-refractivity contribution >= 4 is 17.9 Å². The molecule has 2 N–H and O–H groups in total. The van der Waals surface area contributed by atoms with Gasteiger partial charge in [-0.25, -0.2) is 15.6 Å². The summed E-state index contributed by atoms with van der Waals surface area (Å²) in [5, 5.41) is 1.10. The van der Waals surface area contributed by atoms with Crippen molar-refractivity contribution in [2.24, 2.45) is 5.84 Å². The van der Waals surface area contributed by atoms with Gasteiger partial charge in [0.2, 0.25) is 0 Å². The van der Waals surface area contributed by atoms with E-state index in [0.717, 1.165) is 10.8 Å². The summed E-state index contributed by atoms with van der Waals surface area (Å²) in [6.45, 7) is 0.514. The van der Waals surface area contributed by atoms with Gasteiger partial charge in [-0.15, -0.1) is 0 Å². The molecule has 0 aromatic rings. The van der Waals surface area contributed by atoms with Gasteiger partial charge in [-0.1, -0.05) is 0 Å². The summed E-state index contributed by atoms with van der Waals surface area (Å²) in [6.07, 6.45) is 1.53. The number of nitrogens with two attached hydrogens (primary N) is 1. The third kappa shape index (κ3) is 1.54. The molecule has 0 aromatic heterocycles. The van der Waals surface area contributed by atoms with Crippen molar-refractivity contribution in [3.63, 3.8) is 0 Å². The number of hydrogen-bond donors (Lipinski definition) is 1. The van der Waals surface area contributed by atoms with Gasteiger partial charge in [0.05, 0.1) is 6.54 Å². The first kappa shape index (κ1) is 7.68. The van der Waals surface area contributed by atoms with Gasteiger partial charge in [-0.3, -0.25) is 0 Å². The van der Waals surface area contributed by atoms with Crippen LogP contribution in [0.25, 0.3) is 0 Å². The van der Waals surface area contributed by atoms with Crippen LogP contribution in [0.2, 0.25) is 0 Å². The second kappa shape index (κ2) is 3.12. The first-order valence-corrected chi connectivity index (χ1v) is 4.35. The Hall–Kier alpha value is -0.420. The lowest BCUT2D eigenvalue weighted by molar-refractivity contribution is 0.140. The van der Waals surface area contributed by atoms with Gasteiger partial charge in [0, 0.05) is 5.75 Å². The van der Waals surface area contributed by atoms with E-state index in [-0.39, 0.29) is 6.10 Å². The van der Waals surface area contributed by atoms with Crippen LogP contribution in [0.15, 0.2) is 0 Å². The molecule has 0 unspecified atom stereocenters. The van der Waals surface area contributed by atoms with Crippen molar-refractivity contribution in [1.82, 2.24) is 5.01 Å². The molecule has 10 heavy (non-hydrogen) atoms. The third-order valence-corrected chi connectivity index (χ3v) is 1.96. The Morgan fingerprint density at radius 3 is 3.10 bits per heavy atom. The van der Waals surface area contributed by atoms with Crippen LogP contribution < -0.4 is 5.84 Å². The van der Waals surface area contributed by atoms with Crippen LogP contribution in [0, 0.1) is 0 Å². The number of thioether (sulfide) groups is 1. The molecule has 58 valence electrons. The average molecular weight is 162 g/mol. The van der Waals surface area contributed by atoms with Crippen molar-refractivity contribution in [2.45, 2.75) is 6.10 Å². The van der Waals surface area contributed by atoms with Gasteiger partial charge in [0.25, 0.3) is 0 Å². The van der Waals surface area contributed by atoms with Crippen molar-refractivity contribution < 1.29 is 9.53 Å². The fourth-order valence-electron chi connectivity index (χ4n) is 0.814. The SMILES string of the molecule is CSC[C@H]1CN(N)C(=O)O1. The van der Waals surface area contributed by atoms with Crippen LogP contribution in [-0.4, -0.2) is 35.8 Å². The summed E-state index contributed by atoms with van der Waals surface area (Å²) in [4.78, 5) is 10.6. The molecule has 5 heteroatoms. The Morgan fingerprint density at radius 2 is 2.70 bits per heavy atom. The fraction of sp³-hybridized carbons (Fsp3) is 0.800. The normalized spacial score (nSPS) is 25.2. The lowest BCUT2D eigenvalue weighted by Gasteiger charge is -2.03. The number of ether oxygens (including phenoxy) is 1. The average Bonchev–Trinajstić information content (AvgIpc) is 2.14. The first-order valence-electron chi connectivity index (χ1n) is 2.96. The summed E-state index contributed by atoms with van der Waals surface area (Å²) in [6, 6.07) is 0. The zero-order valence-electron chi connectivity index (χ0n) is 5.74. The summed E-state index contributed by atoms with van der Waals surface area (Å²) >= 11 is 1.64. The molecule has 1 saturated heterocycles. The third-order valence-electron chi connectivity index (χ3n) is 1.25. The minimum absolute atomic E-state index is 0.0208. The highest BCUT2D eigenvalue weighted by molar-refractivity contribution is 7.98. The summed E-state index contributed by atoms with van der Waals surface area (Å²) < 4.78 is 4.86. The van der Waals surface area contributed by atoms with Crippen LogP contribution in [0.4, 0.5) is 4.79 Å². The van der Waals surface area contributed by atoms with E-state index >= 15 is 0 Å². The Bertz CT molecular complexity index is 142. The molecule has 0 saturated carbocycles. The molecule has 1 heterocycles. The lowest BCUT2D eigenvalue weighted by Crippen LogP contribution is -2.32. The van der Waals surface area contributed by atoms with E-state index in [9.17, 15) is 4.79 Å². The molecule has 0 spiro atoms. The number of rotatable bonds is 2. The van der Waals surface area contributed by atoms with Crippen molar-refractivity contribution in [3.05, 3.63) is 0 Å². The van der Waals surface area contributed by atoms with Crippen molar-refractivity contribution in [1.29, 1.82) is 0 Å². The van der Waals surface area contributed by atoms with E-state index < -0.39 is 6.09 Å². The molecule has 1 fully saturated rings. The Balaban J connectivity index is 2.34. The van der Waals surface area contributed by atoms with Crippen LogP contribution in [0.1, 0.15) is 0 Å². The van der Waals surface area contributed by atoms with E-state index in [2.05, 4.69) is 0 Å². The molecular formula is C5H10N2O2S. The van der Waals surface area contributed by atoms with E-state index in [1.807, 2.05) is 6.26 Å². The van der Waals surface area contributed by atoms with Gasteiger partial charge < -0.3 is 4.74 Å². The Labute approximate surface area is 63.7 Å². The van der Waals surface area contributed by atoms with Gasteiger partial charge >= 0.3 is 6.09 Å². The highest BCUT2D eigenvalue weighted by Crippen LogP contribution is 2.10. The number of hydrogen-bond acceptors (Lipinski definition) is 4. The molecule has 1 aliphatic rings. The number of carbonyl (C=O) groups excluding carboxylic acids is 1. The van der Waals surface area contributed by atoms with Crippen molar-refractivity contribution in [3.8, 4) is 0 Å². The van der Waals surface area contributed by atoms with Gasteiger partial charge in [-0.2, -0.15) is 11.8 Å². The second-order valence-corrected chi connectivity index (χ2v) is 3.02. The molecule has 4 nitrogen and oxygen atoms in total. The number of cyclic esters (lactones) is 1. The smallest absolute Gasteiger partial charge is 0.424 e. The Morgan fingerprint density at radius 1 is 2.00 bits per heavy atom. The topological polar surface area (TPSA) is 55.6 Å². The van der Waals surface area contributed by atoms with E-state index in [4.69, 9.17) is 10.6 Å². The van der Waals surface area contributed by atoms with Gasteiger partial charge in [-0.05, 0) is 6.26 Å². The number of hydrazine groups is 1. The summed E-state index contributed by atoms with van der Waals surface area (Å²) in [7, 11) is 0. The molecule has 1 aliphatic heterocycles. The van der Waals surface area contributed by atoms with Crippen LogP contribution in [0.3, 0.4) is 0 Å². The highest BCUT2D eigenvalue weighted by atomic mass is 32.2. The van der Waals surface area contributed by atoms with E-state index in [0.29, 0.717) is 6.54 Å². The molecule has 1 rings (SSSR count). The predicted octanol–water partition coefficient (Wildman–Crippen LogP) is 0.0439. The molecule has 1 amide bonds. The van der Waals surface area contributed by atoms with Gasteiger partial charge in [0.15, 0.2) is 0 Å². The monoisotopic (exact) mass is 162 g/mol. The molecule has 0 radical (unpaired) electrons. The minimum atomic E-state index is -0.418. The fourth-order valence-corrected chi connectivity index (χ4v) is 1.36. The zero-order valence-corrected chi connectivity index (χ0v) is 6.56. The second-order valence-electron chi connectivity index (χ2n) is 2.11. The van der Waals surface area contributed by atoms with Crippen molar-refractivity contribution in [2.75, 3.05) is 18.6 Å². The van der Waals surface area contributed by atoms with E-state index in [1.54, 1.807) is 11.8 Å². The molecule has 0 aliphatic carbocycles.